The van der Waals surface area contributed by atoms with Crippen LogP contribution in [0.4, 0.5) is 8.78 Å². The predicted molar refractivity (Wildman–Crippen MR) is 41.0 cm³/mol. The summed E-state index contributed by atoms with van der Waals surface area (Å²) in [5.41, 5.74) is 0.692. The van der Waals surface area contributed by atoms with Gasteiger partial charge in [-0.1, -0.05) is 13.3 Å². The molecule has 0 heterocycles. The Morgan fingerprint density at radius 3 is 2.25 bits per heavy atom. The highest BCUT2D eigenvalue weighted by atomic mass is 19.3. The quantitative estimate of drug-likeness (QED) is 0.640. The Kier molecular flexibility index (Phi) is 1.69. The van der Waals surface area contributed by atoms with Gasteiger partial charge in [0.15, 0.2) is 0 Å². The summed E-state index contributed by atoms with van der Waals surface area (Å²) in [5.74, 6) is 0. The molecule has 70 valence electrons. The van der Waals surface area contributed by atoms with E-state index in [9.17, 15) is 8.78 Å². The molecule has 0 aromatic rings. The van der Waals surface area contributed by atoms with Gasteiger partial charge in [0.1, 0.15) is 0 Å². The summed E-state index contributed by atoms with van der Waals surface area (Å²) in [5, 5.41) is 0. The van der Waals surface area contributed by atoms with Gasteiger partial charge in [-0.25, -0.2) is 0 Å². The van der Waals surface area contributed by atoms with Crippen molar-refractivity contribution in [2.24, 2.45) is 10.8 Å². The third kappa shape index (κ3) is 1.06. The van der Waals surface area contributed by atoms with E-state index in [-0.39, 0.29) is 12.0 Å². The van der Waals surface area contributed by atoms with Crippen LogP contribution in [0, 0.1) is 10.8 Å². The van der Waals surface area contributed by atoms with E-state index in [1.54, 1.807) is 0 Å². The molecule has 0 aromatic heterocycles. The van der Waals surface area contributed by atoms with Crippen LogP contribution in [-0.2, 0) is 4.74 Å². The molecule has 3 aliphatic rings. The van der Waals surface area contributed by atoms with Crippen LogP contribution in [0.15, 0.2) is 0 Å². The van der Waals surface area contributed by atoms with Gasteiger partial charge in [-0.2, -0.15) is 8.78 Å². The summed E-state index contributed by atoms with van der Waals surface area (Å²) in [6.45, 7) is -0.139. The Bertz CT molecular complexity index is 171. The largest absolute Gasteiger partial charge is 0.345 e. The van der Waals surface area contributed by atoms with E-state index in [1.165, 1.54) is 6.42 Å². The number of ether oxygens (including phenoxy) is 1. The molecule has 12 heavy (non-hydrogen) atoms. The van der Waals surface area contributed by atoms with E-state index in [2.05, 4.69) is 11.7 Å². The zero-order chi connectivity index (χ0) is 8.82. The van der Waals surface area contributed by atoms with Crippen molar-refractivity contribution in [3.05, 3.63) is 0 Å². The van der Waals surface area contributed by atoms with Crippen LogP contribution < -0.4 is 0 Å². The SMILES string of the molecule is CCC12CC(COC(F)F)(C1)C2. The van der Waals surface area contributed by atoms with Crippen molar-refractivity contribution in [3.63, 3.8) is 0 Å². The van der Waals surface area contributed by atoms with Crippen LogP contribution in [0.2, 0.25) is 0 Å². The second-order valence-corrected chi connectivity index (χ2v) is 4.46. The van der Waals surface area contributed by atoms with Crippen LogP contribution >= 0.6 is 0 Å². The fourth-order valence-electron chi connectivity index (χ4n) is 3.00. The van der Waals surface area contributed by atoms with E-state index in [4.69, 9.17) is 0 Å². The average molecular weight is 176 g/mol. The topological polar surface area (TPSA) is 9.23 Å². The molecule has 0 spiro atoms. The number of hydrogen-bond acceptors (Lipinski definition) is 1. The van der Waals surface area contributed by atoms with Crippen molar-refractivity contribution in [2.45, 2.75) is 39.2 Å². The smallest absolute Gasteiger partial charge is 0.322 e. The second-order valence-electron chi connectivity index (χ2n) is 4.46. The lowest BCUT2D eigenvalue weighted by molar-refractivity contribution is -0.263. The normalized spacial score (nSPS) is 44.0. The Morgan fingerprint density at radius 2 is 1.83 bits per heavy atom. The molecule has 0 amide bonds. The van der Waals surface area contributed by atoms with Crippen molar-refractivity contribution in [2.75, 3.05) is 6.61 Å². The Hall–Kier alpha value is -0.180. The van der Waals surface area contributed by atoms with Gasteiger partial charge in [-0.05, 0) is 30.1 Å². The molecule has 3 rings (SSSR count). The van der Waals surface area contributed by atoms with Crippen LogP contribution in [0.1, 0.15) is 32.6 Å². The van der Waals surface area contributed by atoms with Crippen LogP contribution in [-0.4, -0.2) is 13.2 Å². The summed E-state index contributed by atoms with van der Waals surface area (Å²) in [6, 6.07) is 0. The van der Waals surface area contributed by atoms with Crippen LogP contribution in [0.3, 0.4) is 0 Å². The van der Waals surface area contributed by atoms with Gasteiger partial charge in [0.25, 0.3) is 0 Å². The maximum Gasteiger partial charge on any atom is 0.345 e. The molecule has 0 radical (unpaired) electrons. The maximum absolute atomic E-state index is 11.7. The molecule has 3 fully saturated rings. The van der Waals surface area contributed by atoms with Crippen molar-refractivity contribution in [3.8, 4) is 0 Å². The summed E-state index contributed by atoms with van der Waals surface area (Å²) < 4.78 is 27.7. The lowest BCUT2D eigenvalue weighted by Crippen LogP contribution is -2.63. The van der Waals surface area contributed by atoms with E-state index in [0.717, 1.165) is 19.3 Å². The lowest BCUT2D eigenvalue weighted by Gasteiger charge is -2.71. The lowest BCUT2D eigenvalue weighted by atomic mass is 9.35. The summed E-state index contributed by atoms with van der Waals surface area (Å²) in [4.78, 5) is 0. The molecule has 0 saturated heterocycles. The first-order valence-electron chi connectivity index (χ1n) is 4.50. The summed E-state index contributed by atoms with van der Waals surface area (Å²) in [6.07, 6.45) is 4.54. The van der Waals surface area contributed by atoms with E-state index in [0.29, 0.717) is 5.41 Å². The van der Waals surface area contributed by atoms with Crippen molar-refractivity contribution in [1.82, 2.24) is 0 Å². The Labute approximate surface area is 71.1 Å². The molecular weight excluding hydrogens is 162 g/mol. The summed E-state index contributed by atoms with van der Waals surface area (Å²) >= 11 is 0. The van der Waals surface area contributed by atoms with Crippen molar-refractivity contribution in [1.29, 1.82) is 0 Å². The predicted octanol–water partition coefficient (Wildman–Crippen LogP) is 2.81. The summed E-state index contributed by atoms with van der Waals surface area (Å²) in [7, 11) is 0. The minimum absolute atomic E-state index is 0.159. The zero-order valence-electron chi connectivity index (χ0n) is 7.28. The van der Waals surface area contributed by atoms with Gasteiger partial charge in [0.2, 0.25) is 0 Å². The Morgan fingerprint density at radius 1 is 1.25 bits per heavy atom. The number of hydrogen-bond donors (Lipinski definition) is 0. The first-order chi connectivity index (χ1) is 5.60. The number of rotatable bonds is 4. The molecule has 3 heteroatoms. The molecule has 2 bridgehead atoms. The molecule has 0 unspecified atom stereocenters. The molecule has 0 aliphatic heterocycles. The van der Waals surface area contributed by atoms with E-state index in [1.807, 2.05) is 0 Å². The fraction of sp³-hybridized carbons (Fsp3) is 1.00. The van der Waals surface area contributed by atoms with E-state index >= 15 is 0 Å². The fourth-order valence-corrected chi connectivity index (χ4v) is 3.00. The minimum atomic E-state index is -2.59. The van der Waals surface area contributed by atoms with Gasteiger partial charge in [0, 0.05) is 0 Å². The molecule has 3 aliphatic carbocycles. The maximum atomic E-state index is 11.7. The molecule has 3 saturated carbocycles. The second kappa shape index (κ2) is 2.41. The van der Waals surface area contributed by atoms with Crippen molar-refractivity contribution >= 4 is 0 Å². The minimum Gasteiger partial charge on any atom is -0.322 e. The highest BCUT2D eigenvalue weighted by Crippen LogP contribution is 2.74. The Balaban J connectivity index is 1.74. The van der Waals surface area contributed by atoms with E-state index < -0.39 is 6.61 Å². The molecule has 0 aromatic carbocycles. The first kappa shape index (κ1) is 8.42. The monoisotopic (exact) mass is 176 g/mol. The highest BCUT2D eigenvalue weighted by molar-refractivity contribution is 5.16. The third-order valence-corrected chi connectivity index (χ3v) is 3.52. The molecule has 0 atom stereocenters. The highest BCUT2D eigenvalue weighted by Gasteiger charge is 2.66. The standard InChI is InChI=1S/C9H14F2O/c1-2-8-3-9(4-8,5-8)6-12-7(10)11/h7H,2-6H2,1H3. The number of halogens is 2. The van der Waals surface area contributed by atoms with Crippen LogP contribution in [0.25, 0.3) is 0 Å². The van der Waals surface area contributed by atoms with Gasteiger partial charge in [-0.15, -0.1) is 0 Å². The first-order valence-corrected chi connectivity index (χ1v) is 4.50. The van der Waals surface area contributed by atoms with Gasteiger partial charge >= 0.3 is 6.61 Å². The molecule has 1 nitrogen and oxygen atoms in total. The number of alkyl halides is 2. The van der Waals surface area contributed by atoms with Gasteiger partial charge < -0.3 is 4.74 Å². The van der Waals surface area contributed by atoms with Gasteiger partial charge in [0.05, 0.1) is 6.61 Å². The third-order valence-electron chi connectivity index (χ3n) is 3.52. The van der Waals surface area contributed by atoms with Crippen LogP contribution in [0.5, 0.6) is 0 Å². The molecule has 0 N–H and O–H groups in total. The molecular formula is C9H14F2O. The van der Waals surface area contributed by atoms with Gasteiger partial charge in [-0.3, -0.25) is 0 Å². The van der Waals surface area contributed by atoms with Crippen molar-refractivity contribution < 1.29 is 13.5 Å². The zero-order valence-corrected chi connectivity index (χ0v) is 7.28. The average Bonchev–Trinajstić information content (AvgIpc) is 1.82.